The van der Waals surface area contributed by atoms with Crippen molar-refractivity contribution in [1.82, 2.24) is 20.0 Å². The first-order valence-electron chi connectivity index (χ1n) is 10.1. The van der Waals surface area contributed by atoms with Gasteiger partial charge < -0.3 is 15.1 Å². The smallest absolute Gasteiger partial charge is 0.324 e. The second kappa shape index (κ2) is 9.64. The summed E-state index contributed by atoms with van der Waals surface area (Å²) in [7, 11) is 5.93. The molecule has 1 aliphatic carbocycles. The molecule has 1 heterocycles. The van der Waals surface area contributed by atoms with Crippen molar-refractivity contribution in [3.63, 3.8) is 0 Å². The van der Waals surface area contributed by atoms with Gasteiger partial charge in [0.15, 0.2) is 0 Å². The number of carbonyl (C=O) groups is 3. The fourth-order valence-corrected chi connectivity index (χ4v) is 4.34. The number of nitrogens with zero attached hydrogens (tertiary/aromatic N) is 3. The van der Waals surface area contributed by atoms with E-state index in [-0.39, 0.29) is 31.1 Å². The Balaban J connectivity index is 0.00000392. The van der Waals surface area contributed by atoms with Crippen molar-refractivity contribution in [1.29, 1.82) is 0 Å². The molecule has 1 saturated carbocycles. The third-order valence-electron chi connectivity index (χ3n) is 5.66. The van der Waals surface area contributed by atoms with Crippen LogP contribution in [0.2, 0.25) is 0 Å². The molecule has 2 fully saturated rings. The van der Waals surface area contributed by atoms with E-state index < -0.39 is 0 Å². The highest BCUT2D eigenvalue weighted by molar-refractivity contribution is 5.95. The van der Waals surface area contributed by atoms with E-state index >= 15 is 0 Å². The van der Waals surface area contributed by atoms with Crippen molar-refractivity contribution in [2.24, 2.45) is 17.8 Å². The number of piperidine rings is 1. The number of imide groups is 1. The molecular formula is C20H38N4O3. The van der Waals surface area contributed by atoms with Crippen LogP contribution in [-0.4, -0.2) is 85.8 Å². The van der Waals surface area contributed by atoms with E-state index in [1.807, 2.05) is 39.9 Å². The summed E-state index contributed by atoms with van der Waals surface area (Å²) in [5.74, 6) is 0.420. The molecule has 156 valence electrons. The number of Topliss-reactive ketones (excluding diaryl/α,β-unsaturated/α-hetero) is 1. The molecule has 1 aliphatic heterocycles. The van der Waals surface area contributed by atoms with Crippen LogP contribution in [0.15, 0.2) is 0 Å². The number of likely N-dealkylation sites (tertiary alicyclic amines) is 1. The number of hydrogen-bond acceptors (Lipinski definition) is 5. The predicted octanol–water partition coefficient (Wildman–Crippen LogP) is 1.68. The van der Waals surface area contributed by atoms with Gasteiger partial charge in [-0.05, 0) is 45.8 Å². The average Bonchev–Trinajstić information content (AvgIpc) is 2.57. The molecule has 7 nitrogen and oxygen atoms in total. The van der Waals surface area contributed by atoms with Crippen molar-refractivity contribution in [2.75, 3.05) is 47.3 Å². The summed E-state index contributed by atoms with van der Waals surface area (Å²) in [6.45, 7) is 6.34. The minimum Gasteiger partial charge on any atom is -0.336 e. The van der Waals surface area contributed by atoms with Gasteiger partial charge in [0.25, 0.3) is 0 Å². The van der Waals surface area contributed by atoms with Crippen LogP contribution in [0.5, 0.6) is 0 Å². The molecule has 3 amide bonds. The summed E-state index contributed by atoms with van der Waals surface area (Å²) in [6.07, 6.45) is 2.82. The third kappa shape index (κ3) is 6.01. The molecule has 2 rings (SSSR count). The van der Waals surface area contributed by atoms with Crippen molar-refractivity contribution in [3.05, 3.63) is 0 Å². The molecule has 7 heteroatoms. The molecule has 1 N–H and O–H groups in total. The first-order chi connectivity index (χ1) is 12.7. The van der Waals surface area contributed by atoms with Crippen molar-refractivity contribution >= 4 is 17.7 Å². The minimum absolute atomic E-state index is 0. The number of nitrogens with one attached hydrogen (secondary N) is 1. The lowest BCUT2D eigenvalue weighted by Crippen LogP contribution is -2.55. The van der Waals surface area contributed by atoms with Crippen LogP contribution < -0.4 is 5.32 Å². The third-order valence-corrected chi connectivity index (χ3v) is 5.66. The van der Waals surface area contributed by atoms with E-state index in [9.17, 15) is 14.4 Å². The summed E-state index contributed by atoms with van der Waals surface area (Å²) >= 11 is 0. The highest BCUT2D eigenvalue weighted by Gasteiger charge is 2.42. The Hall–Kier alpha value is -1.47. The van der Waals surface area contributed by atoms with Gasteiger partial charge in [0.2, 0.25) is 5.91 Å². The van der Waals surface area contributed by atoms with Crippen LogP contribution in [0.4, 0.5) is 4.79 Å². The molecule has 1 saturated heterocycles. The van der Waals surface area contributed by atoms with Gasteiger partial charge in [0.1, 0.15) is 5.78 Å². The first kappa shape index (κ1) is 21.8. The molecular weight excluding hydrogens is 344 g/mol. The molecule has 0 aromatic carbocycles. The molecule has 0 spiro atoms. The lowest BCUT2D eigenvalue weighted by Gasteiger charge is -2.45. The zero-order valence-corrected chi connectivity index (χ0v) is 17.5. The summed E-state index contributed by atoms with van der Waals surface area (Å²) < 4.78 is 0. The number of fused-ring (bicyclic) bond motifs is 1. The van der Waals surface area contributed by atoms with Gasteiger partial charge in [-0.2, -0.15) is 0 Å². The Morgan fingerprint density at radius 2 is 2.04 bits per heavy atom. The number of ketones is 1. The van der Waals surface area contributed by atoms with E-state index in [1.165, 1.54) is 4.90 Å². The fourth-order valence-electron chi connectivity index (χ4n) is 4.34. The number of hydrogen-bond donors (Lipinski definition) is 1. The molecule has 2 aliphatic rings. The molecule has 0 aromatic heterocycles. The van der Waals surface area contributed by atoms with E-state index in [0.29, 0.717) is 50.7 Å². The highest BCUT2D eigenvalue weighted by Crippen LogP contribution is 2.36. The Kier molecular flexibility index (Phi) is 7.79. The molecule has 0 radical (unpaired) electrons. The average molecular weight is 383 g/mol. The Bertz CT molecular complexity index is 556. The summed E-state index contributed by atoms with van der Waals surface area (Å²) in [5, 5.41) is 2.87. The number of amides is 3. The van der Waals surface area contributed by atoms with Gasteiger partial charge in [0, 0.05) is 46.5 Å². The second-order valence-electron chi connectivity index (χ2n) is 8.86. The fraction of sp³-hybridized carbons (Fsp3) is 0.850. The van der Waals surface area contributed by atoms with E-state index in [4.69, 9.17) is 0 Å². The number of likely N-dealkylation sites (N-methyl/N-ethyl adjacent to an activating group) is 1. The summed E-state index contributed by atoms with van der Waals surface area (Å²) in [5.41, 5.74) is 0. The summed E-state index contributed by atoms with van der Waals surface area (Å²) in [6, 6.07) is 0.0827. The monoisotopic (exact) mass is 382 g/mol. The van der Waals surface area contributed by atoms with Crippen LogP contribution in [-0.2, 0) is 9.59 Å². The second-order valence-corrected chi connectivity index (χ2v) is 8.86. The number of rotatable bonds is 6. The van der Waals surface area contributed by atoms with Crippen molar-refractivity contribution in [2.45, 2.75) is 45.6 Å². The first-order valence-corrected chi connectivity index (χ1v) is 10.1. The van der Waals surface area contributed by atoms with Gasteiger partial charge >= 0.3 is 6.03 Å². The minimum atomic E-state index is -0.306. The van der Waals surface area contributed by atoms with Gasteiger partial charge in [-0.1, -0.05) is 13.8 Å². The van der Waals surface area contributed by atoms with Crippen LogP contribution in [0.1, 0.15) is 41.0 Å². The van der Waals surface area contributed by atoms with Crippen LogP contribution in [0.3, 0.4) is 0 Å². The molecule has 0 bridgehead atoms. The Morgan fingerprint density at radius 1 is 1.33 bits per heavy atom. The van der Waals surface area contributed by atoms with Gasteiger partial charge in [-0.25, -0.2) is 4.79 Å². The van der Waals surface area contributed by atoms with Gasteiger partial charge in [-0.15, -0.1) is 0 Å². The van der Waals surface area contributed by atoms with E-state index in [2.05, 4.69) is 10.2 Å². The van der Waals surface area contributed by atoms with Gasteiger partial charge in [-0.3, -0.25) is 14.5 Å². The lowest BCUT2D eigenvalue weighted by atomic mass is 9.74. The normalized spacial score (nSPS) is 26.2. The van der Waals surface area contributed by atoms with E-state index in [0.717, 1.165) is 13.0 Å². The molecule has 0 aromatic rings. The zero-order valence-electron chi connectivity index (χ0n) is 17.5. The predicted molar refractivity (Wildman–Crippen MR) is 107 cm³/mol. The molecule has 0 unspecified atom stereocenters. The standard InChI is InChI=1S/C20H36N4O3.H2/c1-14(2)12-24(20(27)21-8-9-22(3)4)19(26)16-10-15-11-17(25)6-7-18(15)23(5)13-16;/h14-16,18H,6-13H2,1-5H3,(H,21,27);1H/t15-,16-,18-;/m1./s1. The quantitative estimate of drug-likeness (QED) is 0.757. The Morgan fingerprint density at radius 3 is 2.67 bits per heavy atom. The maximum atomic E-state index is 13.2. The van der Waals surface area contributed by atoms with Crippen molar-refractivity contribution in [3.8, 4) is 0 Å². The highest BCUT2D eigenvalue weighted by atomic mass is 16.2. The lowest BCUT2D eigenvalue weighted by molar-refractivity contribution is -0.138. The number of carbonyl (C=O) groups excluding carboxylic acids is 3. The topological polar surface area (TPSA) is 73.0 Å². The largest absolute Gasteiger partial charge is 0.336 e. The maximum absolute atomic E-state index is 13.2. The van der Waals surface area contributed by atoms with Gasteiger partial charge in [0.05, 0.1) is 5.92 Å². The number of urea groups is 1. The summed E-state index contributed by atoms with van der Waals surface area (Å²) in [4.78, 5) is 43.4. The van der Waals surface area contributed by atoms with Crippen LogP contribution >= 0.6 is 0 Å². The van der Waals surface area contributed by atoms with E-state index in [1.54, 1.807) is 0 Å². The SMILES string of the molecule is CC(C)CN(C(=O)NCCN(C)C)C(=O)[C@@H]1C[C@@H]2CC(=O)CC[C@H]2N(C)C1.[HH]. The zero-order chi connectivity index (χ0) is 20.1. The molecule has 27 heavy (non-hydrogen) atoms. The maximum Gasteiger partial charge on any atom is 0.324 e. The Labute approximate surface area is 164 Å². The molecule has 3 atom stereocenters. The van der Waals surface area contributed by atoms with Crippen LogP contribution in [0.25, 0.3) is 0 Å². The van der Waals surface area contributed by atoms with Crippen LogP contribution in [0, 0.1) is 17.8 Å². The van der Waals surface area contributed by atoms with Crippen molar-refractivity contribution < 1.29 is 15.8 Å².